The summed E-state index contributed by atoms with van der Waals surface area (Å²) in [4.78, 5) is 13.4. The standard InChI is InChI=1S/C9H17N3O/c1-6-4-12(5-8(6)10)9(13)11-7-2-3-7/h6-8H,2-5,10H2,1H3,(H,11,13). The molecule has 0 spiro atoms. The van der Waals surface area contributed by atoms with E-state index in [-0.39, 0.29) is 12.1 Å². The third-order valence-electron chi connectivity index (χ3n) is 2.86. The minimum atomic E-state index is 0.0716. The summed E-state index contributed by atoms with van der Waals surface area (Å²) >= 11 is 0. The Morgan fingerprint density at radius 2 is 2.15 bits per heavy atom. The van der Waals surface area contributed by atoms with Crippen LogP contribution in [0.3, 0.4) is 0 Å². The fourth-order valence-corrected chi connectivity index (χ4v) is 1.65. The predicted molar refractivity (Wildman–Crippen MR) is 50.3 cm³/mol. The van der Waals surface area contributed by atoms with E-state index >= 15 is 0 Å². The molecule has 2 aliphatic rings. The molecule has 1 saturated carbocycles. The Balaban J connectivity index is 1.83. The number of hydrogen-bond donors (Lipinski definition) is 2. The third-order valence-corrected chi connectivity index (χ3v) is 2.86. The minimum Gasteiger partial charge on any atom is -0.335 e. The van der Waals surface area contributed by atoms with E-state index < -0.39 is 0 Å². The van der Waals surface area contributed by atoms with Crippen molar-refractivity contribution in [3.63, 3.8) is 0 Å². The van der Waals surface area contributed by atoms with Crippen LogP contribution >= 0.6 is 0 Å². The van der Waals surface area contributed by atoms with Crippen LogP contribution in [0.5, 0.6) is 0 Å². The topological polar surface area (TPSA) is 58.4 Å². The Bertz CT molecular complexity index is 205. The van der Waals surface area contributed by atoms with Crippen molar-refractivity contribution in [3.8, 4) is 0 Å². The van der Waals surface area contributed by atoms with Gasteiger partial charge in [-0.25, -0.2) is 4.79 Å². The normalized spacial score (nSPS) is 33.5. The molecule has 1 aliphatic heterocycles. The van der Waals surface area contributed by atoms with Gasteiger partial charge in [0.25, 0.3) is 0 Å². The highest BCUT2D eigenvalue weighted by atomic mass is 16.2. The zero-order valence-corrected chi connectivity index (χ0v) is 7.99. The summed E-state index contributed by atoms with van der Waals surface area (Å²) in [7, 11) is 0. The molecule has 0 radical (unpaired) electrons. The molecule has 74 valence electrons. The summed E-state index contributed by atoms with van der Waals surface area (Å²) in [6.07, 6.45) is 2.28. The van der Waals surface area contributed by atoms with Gasteiger partial charge in [0, 0.05) is 25.2 Å². The number of rotatable bonds is 1. The fraction of sp³-hybridized carbons (Fsp3) is 0.889. The molecule has 2 amide bonds. The van der Waals surface area contributed by atoms with E-state index in [1.807, 2.05) is 4.90 Å². The molecule has 2 unspecified atom stereocenters. The van der Waals surface area contributed by atoms with Gasteiger partial charge >= 0.3 is 6.03 Å². The van der Waals surface area contributed by atoms with Crippen molar-refractivity contribution in [1.29, 1.82) is 0 Å². The average Bonchev–Trinajstić information content (AvgIpc) is 2.81. The zero-order valence-electron chi connectivity index (χ0n) is 7.99. The van der Waals surface area contributed by atoms with Gasteiger partial charge in [0.05, 0.1) is 0 Å². The smallest absolute Gasteiger partial charge is 0.317 e. The van der Waals surface area contributed by atoms with Gasteiger partial charge in [-0.05, 0) is 18.8 Å². The van der Waals surface area contributed by atoms with E-state index in [1.54, 1.807) is 0 Å². The number of urea groups is 1. The third kappa shape index (κ3) is 1.94. The van der Waals surface area contributed by atoms with Gasteiger partial charge in [-0.1, -0.05) is 6.92 Å². The van der Waals surface area contributed by atoms with Crippen LogP contribution in [0.15, 0.2) is 0 Å². The van der Waals surface area contributed by atoms with Crippen molar-refractivity contribution in [1.82, 2.24) is 10.2 Å². The average molecular weight is 183 g/mol. The Kier molecular flexibility index (Phi) is 2.15. The van der Waals surface area contributed by atoms with Crippen LogP contribution in [0.4, 0.5) is 4.79 Å². The SMILES string of the molecule is CC1CN(C(=O)NC2CC2)CC1N. The number of likely N-dealkylation sites (tertiary alicyclic amines) is 1. The van der Waals surface area contributed by atoms with E-state index in [2.05, 4.69) is 12.2 Å². The van der Waals surface area contributed by atoms with E-state index in [0.717, 1.165) is 19.4 Å². The molecular formula is C9H17N3O. The lowest BCUT2D eigenvalue weighted by atomic mass is 10.1. The monoisotopic (exact) mass is 183 g/mol. The molecular weight excluding hydrogens is 166 g/mol. The quantitative estimate of drug-likeness (QED) is 0.607. The van der Waals surface area contributed by atoms with Crippen LogP contribution in [0.25, 0.3) is 0 Å². The molecule has 0 aromatic heterocycles. The number of carbonyl (C=O) groups is 1. The van der Waals surface area contributed by atoms with Gasteiger partial charge < -0.3 is 16.0 Å². The highest BCUT2D eigenvalue weighted by Gasteiger charge is 2.32. The largest absolute Gasteiger partial charge is 0.335 e. The van der Waals surface area contributed by atoms with Crippen molar-refractivity contribution in [2.24, 2.45) is 11.7 Å². The van der Waals surface area contributed by atoms with Crippen LogP contribution in [-0.2, 0) is 0 Å². The van der Waals surface area contributed by atoms with Gasteiger partial charge in [0.2, 0.25) is 0 Å². The Morgan fingerprint density at radius 1 is 1.46 bits per heavy atom. The fourth-order valence-electron chi connectivity index (χ4n) is 1.65. The number of amides is 2. The molecule has 0 aromatic rings. The first-order chi connectivity index (χ1) is 6.16. The van der Waals surface area contributed by atoms with Crippen LogP contribution in [0.1, 0.15) is 19.8 Å². The van der Waals surface area contributed by atoms with Gasteiger partial charge in [-0.15, -0.1) is 0 Å². The predicted octanol–water partition coefficient (Wildman–Crippen LogP) is 0.137. The lowest BCUT2D eigenvalue weighted by Gasteiger charge is -2.16. The first-order valence-electron chi connectivity index (χ1n) is 4.98. The molecule has 4 heteroatoms. The molecule has 3 N–H and O–H groups in total. The molecule has 2 rings (SSSR count). The minimum absolute atomic E-state index is 0.0716. The van der Waals surface area contributed by atoms with Gasteiger partial charge in [0.1, 0.15) is 0 Å². The molecule has 2 fully saturated rings. The number of hydrogen-bond acceptors (Lipinski definition) is 2. The van der Waals surface area contributed by atoms with E-state index in [9.17, 15) is 4.79 Å². The number of carbonyl (C=O) groups excluding carboxylic acids is 1. The molecule has 13 heavy (non-hydrogen) atoms. The maximum atomic E-state index is 11.5. The Hall–Kier alpha value is -0.770. The Labute approximate surface area is 78.5 Å². The molecule has 1 saturated heterocycles. The molecule has 0 bridgehead atoms. The highest BCUT2D eigenvalue weighted by Crippen LogP contribution is 2.20. The molecule has 1 heterocycles. The second-order valence-electron chi connectivity index (χ2n) is 4.27. The van der Waals surface area contributed by atoms with E-state index in [0.29, 0.717) is 18.5 Å². The first kappa shape index (κ1) is 8.81. The second-order valence-corrected chi connectivity index (χ2v) is 4.27. The van der Waals surface area contributed by atoms with Crippen LogP contribution < -0.4 is 11.1 Å². The molecule has 4 nitrogen and oxygen atoms in total. The summed E-state index contributed by atoms with van der Waals surface area (Å²) in [6.45, 7) is 3.61. The highest BCUT2D eigenvalue weighted by molar-refractivity contribution is 5.75. The summed E-state index contributed by atoms with van der Waals surface area (Å²) < 4.78 is 0. The second kappa shape index (κ2) is 3.18. The lowest BCUT2D eigenvalue weighted by molar-refractivity contribution is 0.206. The zero-order chi connectivity index (χ0) is 9.42. The number of nitrogens with zero attached hydrogens (tertiary/aromatic N) is 1. The number of nitrogens with one attached hydrogen (secondary N) is 1. The van der Waals surface area contributed by atoms with E-state index in [4.69, 9.17) is 5.73 Å². The molecule has 2 atom stereocenters. The van der Waals surface area contributed by atoms with Crippen molar-refractivity contribution < 1.29 is 4.79 Å². The van der Waals surface area contributed by atoms with Crippen molar-refractivity contribution in [2.45, 2.75) is 31.8 Å². The molecule has 0 aromatic carbocycles. The van der Waals surface area contributed by atoms with Gasteiger partial charge in [-0.3, -0.25) is 0 Å². The van der Waals surface area contributed by atoms with Crippen molar-refractivity contribution in [2.75, 3.05) is 13.1 Å². The summed E-state index contributed by atoms with van der Waals surface area (Å²) in [6, 6.07) is 0.673. The van der Waals surface area contributed by atoms with E-state index in [1.165, 1.54) is 0 Å². The maximum Gasteiger partial charge on any atom is 0.317 e. The Morgan fingerprint density at radius 3 is 2.62 bits per heavy atom. The van der Waals surface area contributed by atoms with Crippen molar-refractivity contribution >= 4 is 6.03 Å². The van der Waals surface area contributed by atoms with Gasteiger partial charge in [-0.2, -0.15) is 0 Å². The summed E-state index contributed by atoms with van der Waals surface area (Å²) in [5.74, 6) is 0.435. The van der Waals surface area contributed by atoms with Gasteiger partial charge in [0.15, 0.2) is 0 Å². The van der Waals surface area contributed by atoms with Crippen LogP contribution in [0, 0.1) is 5.92 Å². The maximum absolute atomic E-state index is 11.5. The summed E-state index contributed by atoms with van der Waals surface area (Å²) in [5, 5.41) is 2.97. The number of nitrogens with two attached hydrogens (primary N) is 1. The summed E-state index contributed by atoms with van der Waals surface area (Å²) in [5.41, 5.74) is 5.83. The molecule has 1 aliphatic carbocycles. The van der Waals surface area contributed by atoms with Crippen LogP contribution in [0.2, 0.25) is 0 Å². The van der Waals surface area contributed by atoms with Crippen LogP contribution in [-0.4, -0.2) is 36.1 Å². The first-order valence-corrected chi connectivity index (χ1v) is 4.98. The lowest BCUT2D eigenvalue weighted by Crippen LogP contribution is -2.40. The van der Waals surface area contributed by atoms with Crippen molar-refractivity contribution in [3.05, 3.63) is 0 Å².